The molecule has 1 unspecified atom stereocenters. The molecular formula is C8H16O2. The molecule has 60 valence electrons. The van der Waals surface area contributed by atoms with Gasteiger partial charge in [-0.25, -0.2) is 0 Å². The van der Waals surface area contributed by atoms with Gasteiger partial charge in [-0.1, -0.05) is 12.2 Å². The maximum absolute atomic E-state index is 8.24. The summed E-state index contributed by atoms with van der Waals surface area (Å²) in [6.45, 7) is 8.59. The highest BCUT2D eigenvalue weighted by Gasteiger charge is 1.75. The van der Waals surface area contributed by atoms with Crippen molar-refractivity contribution >= 4 is 0 Å². The molecule has 2 nitrogen and oxygen atoms in total. The molecule has 0 aliphatic rings. The fraction of sp³-hybridized carbons (Fsp3) is 0.500. The van der Waals surface area contributed by atoms with E-state index < -0.39 is 0 Å². The second-order valence-electron chi connectivity index (χ2n) is 1.78. The van der Waals surface area contributed by atoms with Gasteiger partial charge >= 0.3 is 0 Å². The maximum atomic E-state index is 8.24. The number of rotatable bonds is 3. The summed E-state index contributed by atoms with van der Waals surface area (Å²) in [6, 6.07) is 0. The summed E-state index contributed by atoms with van der Waals surface area (Å²) in [5, 5.41) is 16.2. The zero-order valence-corrected chi connectivity index (χ0v) is 6.45. The molecule has 0 saturated carbocycles. The second kappa shape index (κ2) is 11.2. The summed E-state index contributed by atoms with van der Waals surface area (Å²) in [4.78, 5) is 0. The second-order valence-corrected chi connectivity index (χ2v) is 1.78. The van der Waals surface area contributed by atoms with Crippen LogP contribution < -0.4 is 0 Å². The summed E-state index contributed by atoms with van der Waals surface area (Å²) in [5.74, 6) is 0. The molecule has 0 bridgehead atoms. The van der Waals surface area contributed by atoms with E-state index in [4.69, 9.17) is 10.2 Å². The Kier molecular flexibility index (Phi) is 13.6. The molecule has 2 N–H and O–H groups in total. The van der Waals surface area contributed by atoms with Gasteiger partial charge in [-0.3, -0.25) is 0 Å². The Morgan fingerprint density at radius 3 is 1.90 bits per heavy atom. The van der Waals surface area contributed by atoms with Gasteiger partial charge in [0.15, 0.2) is 0 Å². The molecule has 1 atom stereocenters. The van der Waals surface area contributed by atoms with E-state index in [2.05, 4.69) is 13.2 Å². The van der Waals surface area contributed by atoms with Crippen molar-refractivity contribution in [1.29, 1.82) is 0 Å². The van der Waals surface area contributed by atoms with Crippen LogP contribution in [0.4, 0.5) is 0 Å². The lowest BCUT2D eigenvalue weighted by atomic mass is 10.4. The largest absolute Gasteiger partial charge is 0.396 e. The van der Waals surface area contributed by atoms with Crippen molar-refractivity contribution in [2.75, 3.05) is 6.61 Å². The third kappa shape index (κ3) is 26.2. The Morgan fingerprint density at radius 1 is 1.50 bits per heavy atom. The van der Waals surface area contributed by atoms with Crippen molar-refractivity contribution in [3.05, 3.63) is 25.3 Å². The molecule has 0 rings (SSSR count). The van der Waals surface area contributed by atoms with Crippen molar-refractivity contribution in [2.45, 2.75) is 19.4 Å². The molecule has 0 saturated heterocycles. The molecule has 10 heavy (non-hydrogen) atoms. The molecule has 2 heteroatoms. The van der Waals surface area contributed by atoms with Gasteiger partial charge in [0.1, 0.15) is 0 Å². The van der Waals surface area contributed by atoms with Crippen molar-refractivity contribution in [3.63, 3.8) is 0 Å². The quantitative estimate of drug-likeness (QED) is 0.582. The average Bonchev–Trinajstić information content (AvgIpc) is 1.91. The molecule has 0 heterocycles. The third-order valence-electron chi connectivity index (χ3n) is 0.674. The fourth-order valence-electron chi connectivity index (χ4n) is 0.0913. The molecule has 0 fully saturated rings. The fourth-order valence-corrected chi connectivity index (χ4v) is 0.0913. The highest BCUT2D eigenvalue weighted by atomic mass is 16.3. The molecule has 0 aromatic carbocycles. The standard InChI is InChI=1S/2C4H8O/c1-3-4(2)5;1-2-3-4-5/h3-5H,1H2,2H3;2,5H,1,3-4H2. The molecule has 0 amide bonds. The van der Waals surface area contributed by atoms with Gasteiger partial charge < -0.3 is 10.2 Å². The van der Waals surface area contributed by atoms with E-state index in [0.29, 0.717) is 6.42 Å². The van der Waals surface area contributed by atoms with E-state index in [0.717, 1.165) is 0 Å². The minimum absolute atomic E-state index is 0.226. The highest BCUT2D eigenvalue weighted by Crippen LogP contribution is 1.73. The Hall–Kier alpha value is -0.600. The van der Waals surface area contributed by atoms with Gasteiger partial charge in [0.25, 0.3) is 0 Å². The predicted molar refractivity (Wildman–Crippen MR) is 43.8 cm³/mol. The minimum atomic E-state index is -0.352. The van der Waals surface area contributed by atoms with Crippen LogP contribution in [0.3, 0.4) is 0 Å². The molecule has 0 spiro atoms. The summed E-state index contributed by atoms with van der Waals surface area (Å²) in [6.07, 6.45) is 3.51. The molecule has 0 aliphatic carbocycles. The predicted octanol–water partition coefficient (Wildman–Crippen LogP) is 1.11. The van der Waals surface area contributed by atoms with E-state index in [1.807, 2.05) is 0 Å². The van der Waals surface area contributed by atoms with Crippen molar-refractivity contribution < 1.29 is 10.2 Å². The van der Waals surface area contributed by atoms with Crippen molar-refractivity contribution in [3.8, 4) is 0 Å². The summed E-state index contributed by atoms with van der Waals surface area (Å²) < 4.78 is 0. The van der Waals surface area contributed by atoms with E-state index in [1.54, 1.807) is 13.0 Å². The van der Waals surface area contributed by atoms with Gasteiger partial charge in [-0.15, -0.1) is 13.2 Å². The topological polar surface area (TPSA) is 40.5 Å². The van der Waals surface area contributed by atoms with Crippen LogP contribution in [0.1, 0.15) is 13.3 Å². The van der Waals surface area contributed by atoms with Crippen LogP contribution in [-0.4, -0.2) is 22.9 Å². The zero-order chi connectivity index (χ0) is 8.41. The lowest BCUT2D eigenvalue weighted by molar-refractivity contribution is 0.244. The monoisotopic (exact) mass is 144 g/mol. The smallest absolute Gasteiger partial charge is 0.0690 e. The molecule has 0 aromatic rings. The average molecular weight is 144 g/mol. The van der Waals surface area contributed by atoms with E-state index >= 15 is 0 Å². The van der Waals surface area contributed by atoms with E-state index in [9.17, 15) is 0 Å². The van der Waals surface area contributed by atoms with Gasteiger partial charge in [0.05, 0.1) is 6.10 Å². The number of hydrogen-bond acceptors (Lipinski definition) is 2. The van der Waals surface area contributed by atoms with Gasteiger partial charge in [-0.2, -0.15) is 0 Å². The third-order valence-corrected chi connectivity index (χ3v) is 0.674. The molecule has 0 aromatic heterocycles. The van der Waals surface area contributed by atoms with Crippen LogP contribution in [0, 0.1) is 0 Å². The van der Waals surface area contributed by atoms with Crippen LogP contribution in [-0.2, 0) is 0 Å². The zero-order valence-electron chi connectivity index (χ0n) is 6.45. The van der Waals surface area contributed by atoms with Crippen LogP contribution in [0.15, 0.2) is 25.3 Å². The first-order valence-electron chi connectivity index (χ1n) is 3.21. The van der Waals surface area contributed by atoms with E-state index in [1.165, 1.54) is 6.08 Å². The molecular weight excluding hydrogens is 128 g/mol. The first kappa shape index (κ1) is 12.1. The van der Waals surface area contributed by atoms with E-state index in [-0.39, 0.29) is 12.7 Å². The molecule has 0 aliphatic heterocycles. The van der Waals surface area contributed by atoms with Crippen molar-refractivity contribution in [1.82, 2.24) is 0 Å². The lowest BCUT2D eigenvalue weighted by Gasteiger charge is -1.84. The Morgan fingerprint density at radius 2 is 1.90 bits per heavy atom. The first-order valence-corrected chi connectivity index (χ1v) is 3.21. The number of aliphatic hydroxyl groups excluding tert-OH is 2. The first-order chi connectivity index (χ1) is 4.68. The number of hydrogen-bond donors (Lipinski definition) is 2. The summed E-state index contributed by atoms with van der Waals surface area (Å²) in [5.41, 5.74) is 0. The van der Waals surface area contributed by atoms with Gasteiger partial charge in [-0.05, 0) is 13.3 Å². The Bertz CT molecular complexity index is 77.3. The minimum Gasteiger partial charge on any atom is -0.396 e. The van der Waals surface area contributed by atoms with Gasteiger partial charge in [0, 0.05) is 6.61 Å². The van der Waals surface area contributed by atoms with Crippen LogP contribution >= 0.6 is 0 Å². The van der Waals surface area contributed by atoms with Crippen molar-refractivity contribution in [2.24, 2.45) is 0 Å². The summed E-state index contributed by atoms with van der Waals surface area (Å²) in [7, 11) is 0. The highest BCUT2D eigenvalue weighted by molar-refractivity contribution is 4.72. The Balaban J connectivity index is 0. The number of aliphatic hydroxyl groups is 2. The normalized spacial score (nSPS) is 10.7. The van der Waals surface area contributed by atoms with Crippen LogP contribution in [0.25, 0.3) is 0 Å². The van der Waals surface area contributed by atoms with Crippen LogP contribution in [0.2, 0.25) is 0 Å². The molecule has 0 radical (unpaired) electrons. The SMILES string of the molecule is C=CC(C)O.C=CCCO. The van der Waals surface area contributed by atoms with Crippen LogP contribution in [0.5, 0.6) is 0 Å². The lowest BCUT2D eigenvalue weighted by Crippen LogP contribution is -1.88. The van der Waals surface area contributed by atoms with Gasteiger partial charge in [0.2, 0.25) is 0 Å². The maximum Gasteiger partial charge on any atom is 0.0690 e. The summed E-state index contributed by atoms with van der Waals surface area (Å²) >= 11 is 0. The Labute approximate surface area is 62.5 Å².